The quantitative estimate of drug-likeness (QED) is 0.695. The Morgan fingerprint density at radius 3 is 2.71 bits per heavy atom. The molecule has 1 unspecified atom stereocenters. The third-order valence-corrected chi connectivity index (χ3v) is 8.23. The number of anilines is 2. The van der Waals surface area contributed by atoms with Crippen molar-refractivity contribution in [1.82, 2.24) is 15.2 Å². The number of aromatic nitrogens is 1. The van der Waals surface area contributed by atoms with E-state index in [1.807, 2.05) is 36.9 Å². The van der Waals surface area contributed by atoms with Gasteiger partial charge in [0.2, 0.25) is 11.8 Å². The molecule has 2 fully saturated rings. The molecule has 5 rings (SSSR count). The summed E-state index contributed by atoms with van der Waals surface area (Å²) in [5.74, 6) is -0.317. The van der Waals surface area contributed by atoms with Crippen LogP contribution in [0.2, 0.25) is 0 Å². The van der Waals surface area contributed by atoms with Gasteiger partial charge < -0.3 is 15.1 Å². The molecule has 2 aromatic rings. The van der Waals surface area contributed by atoms with Gasteiger partial charge >= 0.3 is 6.03 Å². The number of carbonyl (C=O) groups excluding carboxylic acids is 3. The van der Waals surface area contributed by atoms with Gasteiger partial charge in [0.1, 0.15) is 0 Å². The summed E-state index contributed by atoms with van der Waals surface area (Å²) in [6, 6.07) is 6.03. The second kappa shape index (κ2) is 9.37. The molecule has 1 atom stereocenters. The maximum absolute atomic E-state index is 13.3. The first-order chi connectivity index (χ1) is 16.4. The van der Waals surface area contributed by atoms with Gasteiger partial charge in [0.25, 0.3) is 0 Å². The number of carbonyl (C=O) groups is 3. The smallest absolute Gasteiger partial charge is 0.321 e. The minimum absolute atomic E-state index is 0.00291. The van der Waals surface area contributed by atoms with Gasteiger partial charge in [-0.2, -0.15) is 0 Å². The molecule has 34 heavy (non-hydrogen) atoms. The third kappa shape index (κ3) is 4.66. The average Bonchev–Trinajstić information content (AvgIpc) is 3.54. The zero-order valence-electron chi connectivity index (χ0n) is 19.7. The Balaban J connectivity index is 1.20. The van der Waals surface area contributed by atoms with Gasteiger partial charge in [0, 0.05) is 42.5 Å². The monoisotopic (exact) mass is 481 g/mol. The van der Waals surface area contributed by atoms with E-state index in [1.165, 1.54) is 16.9 Å². The number of nitrogens with one attached hydrogen (secondary N) is 2. The van der Waals surface area contributed by atoms with E-state index < -0.39 is 0 Å². The van der Waals surface area contributed by atoms with Crippen molar-refractivity contribution in [2.45, 2.75) is 65.0 Å². The van der Waals surface area contributed by atoms with Crippen LogP contribution in [0.4, 0.5) is 15.6 Å². The van der Waals surface area contributed by atoms with Crippen LogP contribution < -0.4 is 15.5 Å². The SMILES string of the molecule is Cc1ccc(N2CC(C(=O)N3CCc4nc(NC(=O)NC5CCCC5)sc4C3)CC2=O)cc1C. The van der Waals surface area contributed by atoms with Gasteiger partial charge in [-0.05, 0) is 49.9 Å². The van der Waals surface area contributed by atoms with Crippen LogP contribution in [0.15, 0.2) is 18.2 Å². The molecular formula is C25H31N5O3S. The van der Waals surface area contributed by atoms with E-state index in [9.17, 15) is 14.4 Å². The Bertz CT molecular complexity index is 1120. The second-order valence-corrected chi connectivity index (χ2v) is 10.7. The van der Waals surface area contributed by atoms with Crippen LogP contribution in [0, 0.1) is 19.8 Å². The number of thiazole rings is 1. The Hall–Kier alpha value is -2.94. The summed E-state index contributed by atoms with van der Waals surface area (Å²) >= 11 is 1.43. The third-order valence-electron chi connectivity index (χ3n) is 7.23. The van der Waals surface area contributed by atoms with Gasteiger partial charge in [-0.15, -0.1) is 0 Å². The van der Waals surface area contributed by atoms with Crippen LogP contribution in [-0.2, 0) is 22.6 Å². The zero-order chi connectivity index (χ0) is 23.8. The lowest BCUT2D eigenvalue weighted by Crippen LogP contribution is -2.40. The van der Waals surface area contributed by atoms with Crippen LogP contribution in [0.5, 0.6) is 0 Å². The minimum Gasteiger partial charge on any atom is -0.337 e. The summed E-state index contributed by atoms with van der Waals surface area (Å²) in [5, 5.41) is 6.46. The lowest BCUT2D eigenvalue weighted by molar-refractivity contribution is -0.136. The first-order valence-electron chi connectivity index (χ1n) is 12.1. The lowest BCUT2D eigenvalue weighted by atomic mass is 10.1. The van der Waals surface area contributed by atoms with Crippen molar-refractivity contribution in [3.8, 4) is 0 Å². The first kappa shape index (κ1) is 22.8. The minimum atomic E-state index is -0.335. The van der Waals surface area contributed by atoms with Crippen LogP contribution >= 0.6 is 11.3 Å². The number of urea groups is 1. The summed E-state index contributed by atoms with van der Waals surface area (Å²) in [6.07, 6.45) is 5.29. The zero-order valence-corrected chi connectivity index (χ0v) is 20.5. The van der Waals surface area contributed by atoms with Crippen molar-refractivity contribution in [3.63, 3.8) is 0 Å². The van der Waals surface area contributed by atoms with Crippen LogP contribution in [-0.4, -0.2) is 46.9 Å². The average molecular weight is 482 g/mol. The molecule has 0 bridgehead atoms. The van der Waals surface area contributed by atoms with Crippen LogP contribution in [0.1, 0.15) is 53.8 Å². The molecular weight excluding hydrogens is 450 g/mol. The van der Waals surface area contributed by atoms with Crippen LogP contribution in [0.25, 0.3) is 0 Å². The summed E-state index contributed by atoms with van der Waals surface area (Å²) in [5.41, 5.74) is 4.12. The van der Waals surface area contributed by atoms with Crippen molar-refractivity contribution < 1.29 is 14.4 Å². The number of benzene rings is 1. The standard InChI is InChI=1S/C25H31N5O3S/c1-15-7-8-19(11-16(15)2)30-13-17(12-22(30)31)23(32)29-10-9-20-21(14-29)34-25(27-20)28-24(33)26-18-5-3-4-6-18/h7-8,11,17-18H,3-6,9-10,12-14H2,1-2H3,(H2,26,27,28,33). The van der Waals surface area contributed by atoms with Gasteiger partial charge in [0.15, 0.2) is 5.13 Å². The Morgan fingerprint density at radius 2 is 1.94 bits per heavy atom. The summed E-state index contributed by atoms with van der Waals surface area (Å²) < 4.78 is 0. The molecule has 1 saturated carbocycles. The second-order valence-electron chi connectivity index (χ2n) is 9.65. The van der Waals surface area contributed by atoms with Crippen molar-refractivity contribution in [2.75, 3.05) is 23.3 Å². The number of hydrogen-bond acceptors (Lipinski definition) is 5. The van der Waals surface area contributed by atoms with Gasteiger partial charge in [0.05, 0.1) is 18.2 Å². The van der Waals surface area contributed by atoms with Gasteiger partial charge in [-0.1, -0.05) is 30.2 Å². The number of rotatable bonds is 4. The predicted molar refractivity (Wildman–Crippen MR) is 132 cm³/mol. The summed E-state index contributed by atoms with van der Waals surface area (Å²) in [4.78, 5) is 47.4. The summed E-state index contributed by atoms with van der Waals surface area (Å²) in [6.45, 7) is 5.55. The molecule has 1 aliphatic carbocycles. The largest absolute Gasteiger partial charge is 0.337 e. The van der Waals surface area contributed by atoms with Crippen molar-refractivity contribution >= 4 is 40.0 Å². The molecule has 0 spiro atoms. The van der Waals surface area contributed by atoms with E-state index in [0.717, 1.165) is 47.5 Å². The van der Waals surface area contributed by atoms with E-state index in [4.69, 9.17) is 0 Å². The summed E-state index contributed by atoms with van der Waals surface area (Å²) in [7, 11) is 0. The Morgan fingerprint density at radius 1 is 1.15 bits per heavy atom. The molecule has 180 valence electrons. The van der Waals surface area contributed by atoms with E-state index in [2.05, 4.69) is 15.6 Å². The number of amides is 4. The molecule has 9 heteroatoms. The maximum atomic E-state index is 13.3. The maximum Gasteiger partial charge on any atom is 0.321 e. The topological polar surface area (TPSA) is 94.6 Å². The highest BCUT2D eigenvalue weighted by Crippen LogP contribution is 2.32. The van der Waals surface area contributed by atoms with Gasteiger partial charge in [-0.25, -0.2) is 9.78 Å². The molecule has 2 aliphatic heterocycles. The highest BCUT2D eigenvalue weighted by Gasteiger charge is 2.38. The number of nitrogens with zero attached hydrogens (tertiary/aromatic N) is 3. The fourth-order valence-electron chi connectivity index (χ4n) is 5.10. The fourth-order valence-corrected chi connectivity index (χ4v) is 6.12. The molecule has 1 aromatic heterocycles. The highest BCUT2D eigenvalue weighted by atomic mass is 32.1. The number of aryl methyl sites for hydroxylation is 2. The van der Waals surface area contributed by atoms with E-state index in [1.54, 1.807) is 4.90 Å². The lowest BCUT2D eigenvalue weighted by Gasteiger charge is -2.28. The molecule has 1 saturated heterocycles. The first-order valence-corrected chi connectivity index (χ1v) is 12.9. The van der Waals surface area contributed by atoms with Crippen LogP contribution in [0.3, 0.4) is 0 Å². The molecule has 8 nitrogen and oxygen atoms in total. The van der Waals surface area contributed by atoms with Gasteiger partial charge in [-0.3, -0.25) is 14.9 Å². The molecule has 3 aliphatic rings. The van der Waals surface area contributed by atoms with E-state index >= 15 is 0 Å². The van der Waals surface area contributed by atoms with Crippen molar-refractivity contribution in [3.05, 3.63) is 39.9 Å². The molecule has 1 aromatic carbocycles. The fraction of sp³-hybridized carbons (Fsp3) is 0.520. The molecule has 2 N–H and O–H groups in total. The number of fused-ring (bicyclic) bond motifs is 1. The van der Waals surface area contributed by atoms with Crippen molar-refractivity contribution in [1.29, 1.82) is 0 Å². The molecule has 0 radical (unpaired) electrons. The van der Waals surface area contributed by atoms with Crippen molar-refractivity contribution in [2.24, 2.45) is 5.92 Å². The predicted octanol–water partition coefficient (Wildman–Crippen LogP) is 3.76. The van der Waals surface area contributed by atoms with E-state index in [0.29, 0.717) is 31.2 Å². The Kier molecular flexibility index (Phi) is 6.29. The molecule has 3 heterocycles. The number of hydrogen-bond donors (Lipinski definition) is 2. The Labute approximate surface area is 203 Å². The normalized spacial score (nSPS) is 20.5. The highest BCUT2D eigenvalue weighted by molar-refractivity contribution is 7.15. The molecule has 4 amide bonds. The van der Waals surface area contributed by atoms with E-state index in [-0.39, 0.29) is 36.2 Å².